The molecule has 1 amide bonds. The van der Waals surface area contributed by atoms with E-state index < -0.39 is 5.97 Å². The predicted molar refractivity (Wildman–Crippen MR) is 101 cm³/mol. The number of rotatable bonds is 4. The average molecular weight is 376 g/mol. The van der Waals surface area contributed by atoms with Gasteiger partial charge in [-0.3, -0.25) is 10.1 Å². The van der Waals surface area contributed by atoms with Crippen molar-refractivity contribution in [2.24, 2.45) is 7.05 Å². The lowest BCUT2D eigenvalue weighted by Gasteiger charge is -2.01. The van der Waals surface area contributed by atoms with E-state index in [1.165, 1.54) is 24.5 Å². The minimum absolute atomic E-state index is 0.149. The molecule has 1 aromatic heterocycles. The molecule has 0 atom stereocenters. The van der Waals surface area contributed by atoms with Crippen LogP contribution in [0.2, 0.25) is 0 Å². The molecule has 0 radical (unpaired) electrons. The van der Waals surface area contributed by atoms with Crippen LogP contribution in [0.15, 0.2) is 36.4 Å². The zero-order valence-electron chi connectivity index (χ0n) is 14.0. The molecule has 0 unspecified atom stereocenters. The predicted octanol–water partition coefficient (Wildman–Crippen LogP) is 2.19. The van der Waals surface area contributed by atoms with Gasteiger partial charge in [0.25, 0.3) is 11.0 Å². The lowest BCUT2D eigenvalue weighted by atomic mass is 10.2. The number of benzene rings is 1. The Balaban J connectivity index is 1.99. The molecule has 25 heavy (non-hydrogen) atoms. The number of thiazole rings is 1. The number of thiocarbonyl (C=S) groups is 1. The van der Waals surface area contributed by atoms with Gasteiger partial charge in [0.15, 0.2) is 4.88 Å². The van der Waals surface area contributed by atoms with Crippen LogP contribution in [0.5, 0.6) is 0 Å². The van der Waals surface area contributed by atoms with E-state index in [9.17, 15) is 9.59 Å². The van der Waals surface area contributed by atoms with Crippen molar-refractivity contribution in [1.82, 2.24) is 5.32 Å². The van der Waals surface area contributed by atoms with Crippen molar-refractivity contribution in [3.63, 3.8) is 0 Å². The van der Waals surface area contributed by atoms with Crippen LogP contribution in [0.1, 0.15) is 20.9 Å². The van der Waals surface area contributed by atoms with Gasteiger partial charge in [-0.15, -0.1) is 0 Å². The fourth-order valence-corrected chi connectivity index (χ4v) is 3.29. The van der Waals surface area contributed by atoms with Gasteiger partial charge in [0, 0.05) is 6.08 Å². The highest BCUT2D eigenvalue weighted by atomic mass is 32.1. The van der Waals surface area contributed by atoms with Gasteiger partial charge in [-0.25, -0.2) is 14.7 Å². The van der Waals surface area contributed by atoms with Crippen molar-refractivity contribution < 1.29 is 18.9 Å². The molecular formula is C17H18N3O3S2+. The molecule has 0 aliphatic rings. The van der Waals surface area contributed by atoms with Crippen LogP contribution in [0.25, 0.3) is 6.08 Å². The van der Waals surface area contributed by atoms with Gasteiger partial charge in [0.05, 0.1) is 14.2 Å². The van der Waals surface area contributed by atoms with Gasteiger partial charge >= 0.3 is 11.1 Å². The molecule has 0 saturated heterocycles. The minimum atomic E-state index is -0.410. The average Bonchev–Trinajstić information content (AvgIpc) is 2.88. The fourth-order valence-electron chi connectivity index (χ4n) is 1.95. The van der Waals surface area contributed by atoms with Crippen LogP contribution >= 0.6 is 23.6 Å². The van der Waals surface area contributed by atoms with Gasteiger partial charge < -0.3 is 4.74 Å². The van der Waals surface area contributed by atoms with Gasteiger partial charge in [-0.1, -0.05) is 30.3 Å². The molecule has 8 heteroatoms. The summed E-state index contributed by atoms with van der Waals surface area (Å²) in [6.45, 7) is 1.80. The van der Waals surface area contributed by atoms with E-state index in [4.69, 9.17) is 17.0 Å². The lowest BCUT2D eigenvalue weighted by Crippen LogP contribution is -2.39. The number of anilines is 1. The topological polar surface area (TPSA) is 71.3 Å². The summed E-state index contributed by atoms with van der Waals surface area (Å²) in [4.78, 5) is 24.1. The normalized spacial score (nSPS) is 10.5. The number of carbonyl (C=O) groups excluding carboxylic acids is 2. The molecule has 1 aromatic carbocycles. The number of nitrogens with zero attached hydrogens (tertiary/aromatic N) is 1. The third kappa shape index (κ3) is 4.94. The monoisotopic (exact) mass is 376 g/mol. The van der Waals surface area contributed by atoms with Crippen molar-refractivity contribution in [1.29, 1.82) is 0 Å². The van der Waals surface area contributed by atoms with Crippen molar-refractivity contribution in [2.45, 2.75) is 6.92 Å². The Hall–Kier alpha value is -2.58. The molecule has 0 aliphatic carbocycles. The molecule has 0 fully saturated rings. The first-order valence-electron chi connectivity index (χ1n) is 7.35. The number of hydrogen-bond donors (Lipinski definition) is 2. The number of methoxy groups -OCH3 is 1. The summed E-state index contributed by atoms with van der Waals surface area (Å²) in [5.74, 6) is -0.752. The van der Waals surface area contributed by atoms with Crippen LogP contribution in [0.3, 0.4) is 0 Å². The van der Waals surface area contributed by atoms with Crippen molar-refractivity contribution in [3.8, 4) is 0 Å². The Morgan fingerprint density at radius 2 is 1.96 bits per heavy atom. The molecule has 0 saturated carbocycles. The SMILES string of the molecule is COC(=O)c1sc(NC(=S)NC(=O)/C=C/c2ccccc2)[n+](C)c1C. The summed E-state index contributed by atoms with van der Waals surface area (Å²) >= 11 is 6.35. The van der Waals surface area contributed by atoms with Crippen molar-refractivity contribution >= 4 is 51.8 Å². The lowest BCUT2D eigenvalue weighted by molar-refractivity contribution is -0.658. The number of ether oxygens (including phenoxy) is 1. The second-order valence-corrected chi connectivity index (χ2v) is 6.47. The first kappa shape index (κ1) is 18.8. The largest absolute Gasteiger partial charge is 0.465 e. The molecule has 2 aromatic rings. The molecule has 2 N–H and O–H groups in total. The van der Waals surface area contributed by atoms with Gasteiger partial charge in [0.2, 0.25) is 0 Å². The summed E-state index contributed by atoms with van der Waals surface area (Å²) in [5.41, 5.74) is 1.66. The van der Waals surface area contributed by atoms with E-state index in [0.29, 0.717) is 10.0 Å². The quantitative estimate of drug-likeness (QED) is 0.370. The Morgan fingerprint density at radius 1 is 1.28 bits per heavy atom. The first-order chi connectivity index (χ1) is 11.9. The molecule has 0 bridgehead atoms. The second-order valence-electron chi connectivity index (χ2n) is 5.06. The number of carbonyl (C=O) groups is 2. The molecule has 0 spiro atoms. The Kier molecular flexibility index (Phi) is 6.37. The third-order valence-corrected chi connectivity index (χ3v) is 4.83. The number of amides is 1. The Morgan fingerprint density at radius 3 is 2.60 bits per heavy atom. The Bertz CT molecular complexity index is 829. The van der Waals surface area contributed by atoms with E-state index in [1.54, 1.807) is 24.6 Å². The van der Waals surface area contributed by atoms with Gasteiger partial charge in [-0.05, 0) is 42.1 Å². The Labute approximate surface area is 155 Å². The zero-order chi connectivity index (χ0) is 18.4. The zero-order valence-corrected chi connectivity index (χ0v) is 15.7. The summed E-state index contributed by atoms with van der Waals surface area (Å²) in [5, 5.41) is 6.26. The standard InChI is InChI=1S/C17H17N3O3S2/c1-11-14(15(22)23-3)25-17(20(11)2)19-16(24)18-13(21)10-9-12-7-5-4-6-8-12/h4-10H,1-3H3,(H,18,21,24)/p+1/b10-9+. The van der Waals surface area contributed by atoms with Crippen LogP contribution < -0.4 is 15.2 Å². The maximum atomic E-state index is 11.9. The highest BCUT2D eigenvalue weighted by Gasteiger charge is 2.24. The maximum Gasteiger partial charge on any atom is 0.352 e. The molecular weight excluding hydrogens is 358 g/mol. The van der Waals surface area contributed by atoms with Crippen molar-refractivity contribution in [2.75, 3.05) is 12.4 Å². The van der Waals surface area contributed by atoms with Crippen LogP contribution in [-0.4, -0.2) is 24.1 Å². The van der Waals surface area contributed by atoms with Crippen LogP contribution in [0, 0.1) is 6.92 Å². The van der Waals surface area contributed by atoms with E-state index in [1.807, 2.05) is 30.3 Å². The van der Waals surface area contributed by atoms with Gasteiger partial charge in [0.1, 0.15) is 5.69 Å². The third-order valence-electron chi connectivity index (χ3n) is 3.39. The van der Waals surface area contributed by atoms with E-state index in [0.717, 1.165) is 11.3 Å². The van der Waals surface area contributed by atoms with Gasteiger partial charge in [-0.2, -0.15) is 0 Å². The van der Waals surface area contributed by atoms with E-state index in [2.05, 4.69) is 10.6 Å². The van der Waals surface area contributed by atoms with Crippen LogP contribution in [0.4, 0.5) is 5.13 Å². The summed E-state index contributed by atoms with van der Waals surface area (Å²) in [7, 11) is 3.12. The number of hydrogen-bond acceptors (Lipinski definition) is 5. The molecule has 0 aliphatic heterocycles. The molecule has 2 rings (SSSR count). The van der Waals surface area contributed by atoms with E-state index in [-0.39, 0.29) is 11.0 Å². The second kappa shape index (κ2) is 8.50. The molecule has 6 nitrogen and oxygen atoms in total. The first-order valence-corrected chi connectivity index (χ1v) is 8.57. The summed E-state index contributed by atoms with van der Waals surface area (Å²) in [6, 6.07) is 9.47. The van der Waals surface area contributed by atoms with E-state index >= 15 is 0 Å². The number of aromatic nitrogens is 1. The number of nitrogens with one attached hydrogen (secondary N) is 2. The highest BCUT2D eigenvalue weighted by Crippen LogP contribution is 2.20. The van der Waals surface area contributed by atoms with Crippen molar-refractivity contribution in [3.05, 3.63) is 52.5 Å². The minimum Gasteiger partial charge on any atom is -0.465 e. The fraction of sp³-hybridized carbons (Fsp3) is 0.176. The highest BCUT2D eigenvalue weighted by molar-refractivity contribution is 7.80. The molecule has 130 valence electrons. The summed E-state index contributed by atoms with van der Waals surface area (Å²) < 4.78 is 6.52. The maximum absolute atomic E-state index is 11.9. The molecule has 1 heterocycles. The smallest absolute Gasteiger partial charge is 0.352 e. The van der Waals surface area contributed by atoms with Crippen LogP contribution in [-0.2, 0) is 16.6 Å². The number of esters is 1. The summed E-state index contributed by atoms with van der Waals surface area (Å²) in [6.07, 6.45) is 3.10.